The van der Waals surface area contributed by atoms with Gasteiger partial charge in [0.2, 0.25) is 35.4 Å². The highest BCUT2D eigenvalue weighted by Crippen LogP contribution is 2.39. The highest BCUT2D eigenvalue weighted by molar-refractivity contribution is 6.00. The molecule has 0 aromatic heterocycles. The van der Waals surface area contributed by atoms with Crippen LogP contribution in [0.2, 0.25) is 0 Å². The summed E-state index contributed by atoms with van der Waals surface area (Å²) in [5, 5.41) is 39.0. The molecule has 2 saturated carbocycles. The summed E-state index contributed by atoms with van der Waals surface area (Å²) in [7, 11) is 2.90. The van der Waals surface area contributed by atoms with Gasteiger partial charge in [0.25, 0.3) is 0 Å². The number of phenolic OH excluding ortho intramolecular Hbond substituents is 1. The highest BCUT2D eigenvalue weighted by atomic mass is 16.6. The molecule has 0 bridgehead atoms. The van der Waals surface area contributed by atoms with Gasteiger partial charge in [-0.25, -0.2) is 0 Å². The number of hydrogen-bond donors (Lipinski definition) is 8. The number of epoxide rings is 2. The van der Waals surface area contributed by atoms with Crippen LogP contribution in [0.15, 0.2) is 42.5 Å². The Morgan fingerprint density at radius 1 is 0.655 bits per heavy atom. The van der Waals surface area contributed by atoms with E-state index in [2.05, 4.69) is 31.9 Å². The van der Waals surface area contributed by atoms with Crippen LogP contribution in [0.1, 0.15) is 109 Å². The first-order valence-corrected chi connectivity index (χ1v) is 29.7. The smallest absolute Gasteiger partial charge is 0.246 e. The summed E-state index contributed by atoms with van der Waals surface area (Å²) < 4.78 is 33.5. The molecule has 10 atom stereocenters. The van der Waals surface area contributed by atoms with Gasteiger partial charge in [-0.3, -0.25) is 48.2 Å². The van der Waals surface area contributed by atoms with E-state index < -0.39 is 89.2 Å². The summed E-state index contributed by atoms with van der Waals surface area (Å²) in [5.74, 6) is -3.42. The maximum Gasteiger partial charge on any atom is 0.246 e. The fourth-order valence-corrected chi connectivity index (χ4v) is 12.0. The predicted molar refractivity (Wildman–Crippen MR) is 304 cm³/mol. The van der Waals surface area contributed by atoms with E-state index in [0.717, 1.165) is 51.4 Å². The van der Waals surface area contributed by atoms with Gasteiger partial charge < -0.3 is 70.5 Å². The van der Waals surface area contributed by atoms with Crippen molar-refractivity contribution < 1.29 is 77.0 Å². The van der Waals surface area contributed by atoms with E-state index in [1.165, 1.54) is 34.1 Å². The van der Waals surface area contributed by atoms with Crippen LogP contribution in [0.5, 0.6) is 17.2 Å². The second kappa shape index (κ2) is 29.2. The lowest BCUT2D eigenvalue weighted by Gasteiger charge is -2.34. The van der Waals surface area contributed by atoms with E-state index in [1.807, 2.05) is 9.80 Å². The monoisotopic (exact) mass is 1170 g/mol. The zero-order valence-electron chi connectivity index (χ0n) is 49.1. The molecule has 24 heteroatoms. The van der Waals surface area contributed by atoms with Gasteiger partial charge in [-0.15, -0.1) is 0 Å². The molecule has 6 aliphatic rings. The molecule has 24 nitrogen and oxygen atoms in total. The van der Waals surface area contributed by atoms with Gasteiger partial charge in [-0.2, -0.15) is 0 Å². The molecular formula is C60H86N8O16. The van der Waals surface area contributed by atoms with Crippen LogP contribution in [0, 0.1) is 11.8 Å². The number of amides is 6. The molecule has 2 aromatic rings. The molecule has 6 fully saturated rings. The van der Waals surface area contributed by atoms with Crippen LogP contribution < -0.4 is 41.4 Å². The SMILES string of the molecule is COc1ccc(C(O)C(NC(=O)C(C)NC(=O)CN2CCOC(CC3(C(=O)C(CC4CCCC4)NC(=O)C(Cc4ccc(OC)c(O)c4)NC(=O)C(C)NC(=O)CN4CCOCC4)CO3)C2)C(=O)NC(CC2CCCC2)C(=O)C2(C)CO2)cc1. The first-order valence-electron chi connectivity index (χ1n) is 29.7. The molecule has 8 N–H and O–H groups in total. The Bertz CT molecular complexity index is 2630. The second-order valence-corrected chi connectivity index (χ2v) is 23.8. The predicted octanol–water partition coefficient (Wildman–Crippen LogP) is 0.914. The second-order valence-electron chi connectivity index (χ2n) is 23.8. The third-order valence-electron chi connectivity index (χ3n) is 17.2. The van der Waals surface area contributed by atoms with Crippen molar-refractivity contribution in [3.8, 4) is 17.2 Å². The molecule has 4 aliphatic heterocycles. The summed E-state index contributed by atoms with van der Waals surface area (Å²) in [6, 6.07) is 4.03. The van der Waals surface area contributed by atoms with Gasteiger partial charge in [-0.05, 0) is 80.8 Å². The minimum Gasteiger partial charge on any atom is -0.504 e. The van der Waals surface area contributed by atoms with Gasteiger partial charge >= 0.3 is 0 Å². The third kappa shape index (κ3) is 17.4. The van der Waals surface area contributed by atoms with E-state index in [-0.39, 0.29) is 93.1 Å². The molecular weight excluding hydrogens is 1090 g/mol. The highest BCUT2D eigenvalue weighted by Gasteiger charge is 2.56. The fraction of sp³-hybridized carbons (Fsp3) is 0.667. The molecule has 4 saturated heterocycles. The molecule has 10 unspecified atom stereocenters. The third-order valence-corrected chi connectivity index (χ3v) is 17.2. The Hall–Kier alpha value is -6.28. The normalized spacial score (nSPS) is 24.4. The lowest BCUT2D eigenvalue weighted by molar-refractivity contribution is -0.137. The Kier molecular flexibility index (Phi) is 22.2. The lowest BCUT2D eigenvalue weighted by atomic mass is 9.87. The number of rotatable bonds is 30. The number of benzene rings is 2. The van der Waals surface area contributed by atoms with E-state index in [9.17, 15) is 48.6 Å². The van der Waals surface area contributed by atoms with Crippen molar-refractivity contribution >= 4 is 47.0 Å². The largest absolute Gasteiger partial charge is 0.504 e. The molecule has 8 rings (SSSR count). The van der Waals surface area contributed by atoms with Crippen molar-refractivity contribution in [2.24, 2.45) is 11.8 Å². The van der Waals surface area contributed by atoms with Crippen LogP contribution >= 0.6 is 0 Å². The first kappa shape index (κ1) is 63.7. The number of ketones is 2. The van der Waals surface area contributed by atoms with Crippen LogP contribution in [0.25, 0.3) is 0 Å². The number of aliphatic hydroxyl groups is 1. The number of methoxy groups -OCH3 is 2. The lowest BCUT2D eigenvalue weighted by Crippen LogP contribution is -2.58. The van der Waals surface area contributed by atoms with Crippen LogP contribution in [-0.2, 0) is 63.7 Å². The molecule has 84 heavy (non-hydrogen) atoms. The summed E-state index contributed by atoms with van der Waals surface area (Å²) >= 11 is 0. The van der Waals surface area contributed by atoms with Crippen molar-refractivity contribution in [1.82, 2.24) is 41.7 Å². The first-order chi connectivity index (χ1) is 40.2. The number of aliphatic hydroxyl groups excluding tert-OH is 1. The summed E-state index contributed by atoms with van der Waals surface area (Å²) in [6.45, 7) is 7.78. The summed E-state index contributed by atoms with van der Waals surface area (Å²) in [5.41, 5.74) is -1.55. The molecule has 2 aliphatic carbocycles. The minimum absolute atomic E-state index is 0.0676. The topological polar surface area (TPSA) is 318 Å². The number of hydrogen-bond acceptors (Lipinski definition) is 18. The molecule has 4 heterocycles. The molecule has 0 spiro atoms. The van der Waals surface area contributed by atoms with Gasteiger partial charge in [0.1, 0.15) is 41.6 Å². The Morgan fingerprint density at radius 2 is 1.20 bits per heavy atom. The standard InChI is InChI=1S/C60H86N8O16/c1-36(61-49(70)32-67-20-23-81-24-21-67)55(75)65-46(28-40-14-19-48(80-5)47(69)29-40)57(77)63-45(27-39-12-8-9-13-39)54(74)60(35-84-60)30-43-31-68(22-25-82-43)33-50(71)62-37(2)56(76)66-51(52(72)41-15-17-42(79-4)18-16-41)58(78)64-44(26-38-10-6-7-11-38)53(73)59(3)34-83-59/h14-19,29,36-39,43-46,51-52,69,72H,6-13,20-28,30-35H2,1-5H3,(H,61,70)(H,62,71)(H,63,77)(H,64,78)(H,65,75)(H,66,76). The van der Waals surface area contributed by atoms with Crippen molar-refractivity contribution in [2.45, 2.75) is 157 Å². The Morgan fingerprint density at radius 3 is 1.76 bits per heavy atom. The average Bonchev–Trinajstić information content (AvgIpc) is 3.46. The van der Waals surface area contributed by atoms with Crippen LogP contribution in [-0.4, -0.2) is 207 Å². The van der Waals surface area contributed by atoms with E-state index in [1.54, 1.807) is 43.3 Å². The van der Waals surface area contributed by atoms with Crippen LogP contribution in [0.4, 0.5) is 0 Å². The van der Waals surface area contributed by atoms with Crippen molar-refractivity contribution in [3.05, 3.63) is 53.6 Å². The molecule has 2 aromatic carbocycles. The van der Waals surface area contributed by atoms with Gasteiger partial charge in [-0.1, -0.05) is 69.6 Å². The molecule has 6 amide bonds. The number of nitrogens with one attached hydrogen (secondary N) is 6. The number of ether oxygens (including phenoxy) is 6. The van der Waals surface area contributed by atoms with Crippen LogP contribution in [0.3, 0.4) is 0 Å². The molecule has 462 valence electrons. The van der Waals surface area contributed by atoms with Gasteiger partial charge in [0.05, 0.1) is 78.5 Å². The van der Waals surface area contributed by atoms with Gasteiger partial charge in [0.15, 0.2) is 28.7 Å². The zero-order chi connectivity index (χ0) is 60.1. The van der Waals surface area contributed by atoms with Crippen molar-refractivity contribution in [1.29, 1.82) is 0 Å². The summed E-state index contributed by atoms with van der Waals surface area (Å²) in [6.07, 6.45) is 6.19. The van der Waals surface area contributed by atoms with Crippen molar-refractivity contribution in [2.75, 3.05) is 86.5 Å². The number of Topliss-reactive ketones (excluding diaryl/α,β-unsaturated/α-hetero) is 2. The van der Waals surface area contributed by atoms with E-state index in [0.29, 0.717) is 62.6 Å². The Labute approximate surface area is 490 Å². The van der Waals surface area contributed by atoms with Crippen molar-refractivity contribution in [3.63, 3.8) is 0 Å². The maximum atomic E-state index is 14.9. The Balaban J connectivity index is 0.891. The van der Waals surface area contributed by atoms with E-state index in [4.69, 9.17) is 28.4 Å². The quantitative estimate of drug-likeness (QED) is 0.0504. The van der Waals surface area contributed by atoms with E-state index >= 15 is 0 Å². The fourth-order valence-electron chi connectivity index (χ4n) is 12.0. The minimum atomic E-state index is -1.57. The number of aromatic hydroxyl groups is 1. The average molecular weight is 1180 g/mol. The van der Waals surface area contributed by atoms with Gasteiger partial charge in [0, 0.05) is 39.0 Å². The number of phenols is 1. The maximum absolute atomic E-state index is 14.9. The zero-order valence-corrected chi connectivity index (χ0v) is 49.1. The number of morpholine rings is 2. The number of nitrogens with zero attached hydrogens (tertiary/aromatic N) is 2. The number of carbonyl (C=O) groups is 8. The summed E-state index contributed by atoms with van der Waals surface area (Å²) in [4.78, 5) is 116. The number of carbonyl (C=O) groups excluding carboxylic acids is 8. The molecule has 0 radical (unpaired) electrons.